The Morgan fingerprint density at radius 2 is 1.14 bits per heavy atom. The van der Waals surface area contributed by atoms with Crippen LogP contribution in [0.2, 0.25) is 0 Å². The fourth-order valence-electron chi connectivity index (χ4n) is 2.80. The van der Waals surface area contributed by atoms with E-state index in [-0.39, 0.29) is 0 Å². The number of benzene rings is 2. The third kappa shape index (κ3) is 5.04. The van der Waals surface area contributed by atoms with Gasteiger partial charge in [-0.25, -0.2) is 4.98 Å². The van der Waals surface area contributed by atoms with Gasteiger partial charge in [-0.3, -0.25) is 0 Å². The maximum atomic E-state index is 4.52. The van der Waals surface area contributed by atoms with E-state index in [0.29, 0.717) is 23.7 Å². The molecule has 0 radical (unpaired) electrons. The Kier molecular flexibility index (Phi) is 5.29. The second-order valence-electron chi connectivity index (χ2n) is 6.64. The minimum atomic E-state index is 0.393. The highest BCUT2D eigenvalue weighted by atomic mass is 15.3. The Hall–Kier alpha value is -4.00. The Labute approximate surface area is 169 Å². The molecular formula is C22H21N7. The Morgan fingerprint density at radius 1 is 0.586 bits per heavy atom. The summed E-state index contributed by atoms with van der Waals surface area (Å²) in [6, 6.07) is 21.6. The summed E-state index contributed by atoms with van der Waals surface area (Å²) in [6.07, 6.45) is 1.71. The van der Waals surface area contributed by atoms with Crippen molar-refractivity contribution in [2.24, 2.45) is 0 Å². The molecule has 2 heterocycles. The molecule has 0 atom stereocenters. The molecule has 7 nitrogen and oxygen atoms in total. The Bertz CT molecular complexity index is 1050. The molecule has 144 valence electrons. The van der Waals surface area contributed by atoms with Crippen molar-refractivity contribution in [1.82, 2.24) is 19.9 Å². The van der Waals surface area contributed by atoms with Crippen LogP contribution in [-0.4, -0.2) is 19.9 Å². The van der Waals surface area contributed by atoms with Crippen LogP contribution in [0, 0.1) is 13.8 Å². The molecule has 2 aromatic heterocycles. The fraction of sp³-hybridized carbons (Fsp3) is 0.0909. The molecule has 0 saturated carbocycles. The van der Waals surface area contributed by atoms with E-state index in [2.05, 4.69) is 35.9 Å². The number of nitrogens with zero attached hydrogens (tertiary/aromatic N) is 4. The van der Waals surface area contributed by atoms with Crippen molar-refractivity contribution >= 4 is 35.0 Å². The maximum absolute atomic E-state index is 4.52. The van der Waals surface area contributed by atoms with Gasteiger partial charge < -0.3 is 16.0 Å². The van der Waals surface area contributed by atoms with E-state index >= 15 is 0 Å². The summed E-state index contributed by atoms with van der Waals surface area (Å²) in [6.45, 7) is 4.08. The summed E-state index contributed by atoms with van der Waals surface area (Å²) >= 11 is 0. The van der Waals surface area contributed by atoms with Crippen LogP contribution in [-0.2, 0) is 0 Å². The lowest BCUT2D eigenvalue weighted by Crippen LogP contribution is -2.07. The number of hydrogen-bond donors (Lipinski definition) is 3. The summed E-state index contributed by atoms with van der Waals surface area (Å²) in [5.74, 6) is 1.91. The van der Waals surface area contributed by atoms with Gasteiger partial charge in [-0.15, -0.1) is 0 Å². The second kappa shape index (κ2) is 8.35. The van der Waals surface area contributed by atoms with Crippen LogP contribution in [0.4, 0.5) is 35.0 Å². The number of pyridine rings is 1. The maximum Gasteiger partial charge on any atom is 0.235 e. The van der Waals surface area contributed by atoms with Gasteiger partial charge in [-0.2, -0.15) is 15.0 Å². The van der Waals surface area contributed by atoms with Gasteiger partial charge in [0.15, 0.2) is 0 Å². The van der Waals surface area contributed by atoms with E-state index < -0.39 is 0 Å². The number of rotatable bonds is 6. The molecule has 2 aromatic carbocycles. The van der Waals surface area contributed by atoms with Crippen molar-refractivity contribution in [3.8, 4) is 0 Å². The van der Waals surface area contributed by atoms with Crippen molar-refractivity contribution in [3.05, 3.63) is 84.1 Å². The molecule has 0 unspecified atom stereocenters. The average Bonchev–Trinajstić information content (AvgIpc) is 2.69. The van der Waals surface area contributed by atoms with Crippen LogP contribution in [0.3, 0.4) is 0 Å². The highest BCUT2D eigenvalue weighted by Crippen LogP contribution is 2.21. The summed E-state index contributed by atoms with van der Waals surface area (Å²) in [5, 5.41) is 9.62. The number of hydrogen-bond acceptors (Lipinski definition) is 7. The van der Waals surface area contributed by atoms with Gasteiger partial charge in [-0.05, 0) is 61.4 Å². The molecule has 0 aliphatic rings. The number of aromatic nitrogens is 4. The van der Waals surface area contributed by atoms with Crippen LogP contribution in [0.1, 0.15) is 11.1 Å². The van der Waals surface area contributed by atoms with E-state index in [1.165, 1.54) is 0 Å². The first kappa shape index (κ1) is 18.4. The molecule has 0 fully saturated rings. The molecular weight excluding hydrogens is 362 g/mol. The van der Waals surface area contributed by atoms with Crippen LogP contribution < -0.4 is 16.0 Å². The quantitative estimate of drug-likeness (QED) is 0.426. The lowest BCUT2D eigenvalue weighted by molar-refractivity contribution is 1.06. The van der Waals surface area contributed by atoms with Gasteiger partial charge in [0.05, 0.1) is 0 Å². The molecule has 0 amide bonds. The van der Waals surface area contributed by atoms with E-state index in [1.54, 1.807) is 6.20 Å². The first-order valence-corrected chi connectivity index (χ1v) is 9.25. The molecule has 4 rings (SSSR count). The number of aryl methyl sites for hydroxylation is 2. The minimum Gasteiger partial charge on any atom is -0.324 e. The predicted molar refractivity (Wildman–Crippen MR) is 116 cm³/mol. The van der Waals surface area contributed by atoms with E-state index in [0.717, 1.165) is 22.5 Å². The van der Waals surface area contributed by atoms with Crippen LogP contribution in [0.5, 0.6) is 0 Å². The van der Waals surface area contributed by atoms with E-state index in [9.17, 15) is 0 Å². The van der Waals surface area contributed by atoms with Gasteiger partial charge in [0.25, 0.3) is 0 Å². The third-order valence-corrected chi connectivity index (χ3v) is 4.09. The first-order valence-electron chi connectivity index (χ1n) is 9.25. The van der Waals surface area contributed by atoms with Gasteiger partial charge in [0.2, 0.25) is 17.8 Å². The van der Waals surface area contributed by atoms with Gasteiger partial charge in [0.1, 0.15) is 5.82 Å². The number of anilines is 6. The standard InChI is InChI=1S/C22H21N7/c1-15-7-5-9-17(13-15)24-20-27-21(25-18-10-6-8-16(2)14-18)29-22(28-20)26-19-11-3-4-12-23-19/h3-14H,1-2H3,(H3,23,24,25,26,27,28,29). The van der Waals surface area contributed by atoms with Crippen molar-refractivity contribution in [3.63, 3.8) is 0 Å². The fourth-order valence-corrected chi connectivity index (χ4v) is 2.80. The monoisotopic (exact) mass is 383 g/mol. The Morgan fingerprint density at radius 3 is 1.62 bits per heavy atom. The van der Waals surface area contributed by atoms with Gasteiger partial charge >= 0.3 is 0 Å². The normalized spacial score (nSPS) is 10.4. The van der Waals surface area contributed by atoms with Crippen molar-refractivity contribution in [2.75, 3.05) is 16.0 Å². The molecule has 7 heteroatoms. The van der Waals surface area contributed by atoms with E-state index in [1.807, 2.05) is 80.6 Å². The third-order valence-electron chi connectivity index (χ3n) is 4.09. The molecule has 29 heavy (non-hydrogen) atoms. The summed E-state index contributed by atoms with van der Waals surface area (Å²) in [4.78, 5) is 17.8. The molecule has 0 spiro atoms. The summed E-state index contributed by atoms with van der Waals surface area (Å²) in [5.41, 5.74) is 4.10. The molecule has 0 saturated heterocycles. The topological polar surface area (TPSA) is 87.7 Å². The SMILES string of the molecule is Cc1cccc(Nc2nc(Nc3cccc(C)c3)nc(Nc3ccccn3)n2)c1. The summed E-state index contributed by atoms with van der Waals surface area (Å²) < 4.78 is 0. The minimum absolute atomic E-state index is 0.393. The average molecular weight is 383 g/mol. The zero-order valence-electron chi connectivity index (χ0n) is 16.2. The smallest absolute Gasteiger partial charge is 0.235 e. The molecule has 3 N–H and O–H groups in total. The van der Waals surface area contributed by atoms with Crippen LogP contribution in [0.15, 0.2) is 72.9 Å². The highest BCUT2D eigenvalue weighted by Gasteiger charge is 2.09. The lowest BCUT2D eigenvalue weighted by Gasteiger charge is -2.11. The zero-order chi connectivity index (χ0) is 20.1. The molecule has 4 aromatic rings. The molecule has 0 aliphatic carbocycles. The first-order chi connectivity index (χ1) is 14.1. The van der Waals surface area contributed by atoms with Crippen molar-refractivity contribution in [2.45, 2.75) is 13.8 Å². The highest BCUT2D eigenvalue weighted by molar-refractivity contribution is 5.61. The summed E-state index contributed by atoms with van der Waals surface area (Å²) in [7, 11) is 0. The zero-order valence-corrected chi connectivity index (χ0v) is 16.2. The van der Waals surface area contributed by atoms with Gasteiger partial charge in [0, 0.05) is 17.6 Å². The predicted octanol–water partition coefficient (Wildman–Crippen LogP) is 5.11. The molecule has 0 bridgehead atoms. The van der Waals surface area contributed by atoms with E-state index in [4.69, 9.17) is 0 Å². The van der Waals surface area contributed by atoms with Crippen LogP contribution >= 0.6 is 0 Å². The number of nitrogens with one attached hydrogen (secondary N) is 3. The van der Waals surface area contributed by atoms with Crippen molar-refractivity contribution in [1.29, 1.82) is 0 Å². The van der Waals surface area contributed by atoms with Crippen molar-refractivity contribution < 1.29 is 0 Å². The lowest BCUT2D eigenvalue weighted by atomic mass is 10.2. The second-order valence-corrected chi connectivity index (χ2v) is 6.64. The Balaban J connectivity index is 1.66. The van der Waals surface area contributed by atoms with Crippen LogP contribution in [0.25, 0.3) is 0 Å². The largest absolute Gasteiger partial charge is 0.324 e. The van der Waals surface area contributed by atoms with Gasteiger partial charge in [-0.1, -0.05) is 30.3 Å². The molecule has 0 aliphatic heterocycles.